The largest absolute Gasteiger partial charge is 0.495 e. The maximum Gasteiger partial charge on any atom is 0.141 e. The Balaban J connectivity index is 2.24. The Morgan fingerprint density at radius 3 is 2.67 bits per heavy atom. The summed E-state index contributed by atoms with van der Waals surface area (Å²) in [5.41, 5.74) is 2.25. The Kier molecular flexibility index (Phi) is 7.22. The second-order valence-corrected chi connectivity index (χ2v) is 4.09. The summed E-state index contributed by atoms with van der Waals surface area (Å²) in [6, 6.07) is 6.11. The van der Waals surface area contributed by atoms with Crippen LogP contribution in [0.25, 0.3) is 0 Å². The Hall–Kier alpha value is -1.26. The van der Waals surface area contributed by atoms with Crippen molar-refractivity contribution >= 4 is 5.69 Å². The minimum atomic E-state index is 0.652. The normalized spacial score (nSPS) is 10.4. The number of nitrogens with one attached hydrogen (secondary N) is 1. The summed E-state index contributed by atoms with van der Waals surface area (Å²) in [4.78, 5) is 0. The Bertz CT molecular complexity index is 342. The number of hydrogen-bond donors (Lipinski definition) is 1. The molecule has 0 aliphatic heterocycles. The lowest BCUT2D eigenvalue weighted by molar-refractivity contribution is 0.0705. The number of hydrogen-bond acceptors (Lipinski definition) is 4. The van der Waals surface area contributed by atoms with E-state index in [1.807, 2.05) is 12.1 Å². The minimum absolute atomic E-state index is 0.652. The van der Waals surface area contributed by atoms with E-state index < -0.39 is 0 Å². The maximum absolute atomic E-state index is 5.40. The van der Waals surface area contributed by atoms with Crippen LogP contribution in [0.15, 0.2) is 18.2 Å². The molecule has 0 aromatic heterocycles. The highest BCUT2D eigenvalue weighted by Gasteiger charge is 2.01. The third kappa shape index (κ3) is 5.38. The lowest BCUT2D eigenvalue weighted by atomic mass is 10.2. The van der Waals surface area contributed by atoms with Crippen molar-refractivity contribution in [3.05, 3.63) is 23.8 Å². The molecule has 0 heterocycles. The molecule has 0 fully saturated rings. The summed E-state index contributed by atoms with van der Waals surface area (Å²) in [5, 5.41) is 3.36. The van der Waals surface area contributed by atoms with Gasteiger partial charge in [-0.25, -0.2) is 0 Å². The van der Waals surface area contributed by atoms with E-state index in [1.165, 1.54) is 5.56 Å². The Morgan fingerprint density at radius 1 is 1.11 bits per heavy atom. The highest BCUT2D eigenvalue weighted by Crippen LogP contribution is 2.24. The van der Waals surface area contributed by atoms with Crippen LogP contribution >= 0.6 is 0 Å². The molecular formula is C14H23NO3. The van der Waals surface area contributed by atoms with Gasteiger partial charge in [0.05, 0.1) is 26.0 Å². The predicted octanol–water partition coefficient (Wildman–Crippen LogP) is 2.47. The molecule has 4 heteroatoms. The van der Waals surface area contributed by atoms with Crippen LogP contribution < -0.4 is 10.1 Å². The smallest absolute Gasteiger partial charge is 0.141 e. The number of rotatable bonds is 9. The van der Waals surface area contributed by atoms with Crippen molar-refractivity contribution in [3.8, 4) is 5.75 Å². The first-order valence-electron chi connectivity index (χ1n) is 6.23. The van der Waals surface area contributed by atoms with Crippen LogP contribution in [-0.2, 0) is 9.47 Å². The summed E-state index contributed by atoms with van der Waals surface area (Å²) >= 11 is 0. The van der Waals surface area contributed by atoms with Gasteiger partial charge >= 0.3 is 0 Å². The quantitative estimate of drug-likeness (QED) is 0.686. The van der Waals surface area contributed by atoms with Gasteiger partial charge in [-0.05, 0) is 31.0 Å². The third-order valence-electron chi connectivity index (χ3n) is 2.57. The molecule has 0 unspecified atom stereocenters. The molecule has 0 radical (unpaired) electrons. The fourth-order valence-corrected chi connectivity index (χ4v) is 1.60. The van der Waals surface area contributed by atoms with Crippen LogP contribution in [0.5, 0.6) is 5.75 Å². The van der Waals surface area contributed by atoms with E-state index in [-0.39, 0.29) is 0 Å². The highest BCUT2D eigenvalue weighted by molar-refractivity contribution is 5.57. The fourth-order valence-electron chi connectivity index (χ4n) is 1.60. The van der Waals surface area contributed by atoms with Crippen molar-refractivity contribution in [2.45, 2.75) is 13.3 Å². The molecule has 1 rings (SSSR count). The topological polar surface area (TPSA) is 39.7 Å². The van der Waals surface area contributed by atoms with Gasteiger partial charge in [-0.2, -0.15) is 0 Å². The number of benzene rings is 1. The first-order chi connectivity index (χ1) is 8.77. The van der Waals surface area contributed by atoms with Crippen LogP contribution in [0, 0.1) is 6.92 Å². The number of methoxy groups -OCH3 is 2. The van der Waals surface area contributed by atoms with Crippen molar-refractivity contribution in [2.24, 2.45) is 0 Å². The zero-order valence-electron chi connectivity index (χ0n) is 11.5. The van der Waals surface area contributed by atoms with Crippen LogP contribution in [0.4, 0.5) is 5.69 Å². The standard InChI is InChI=1S/C14H23NO3/c1-12-5-6-14(17-3)13(11-12)15-7-4-8-18-10-9-16-2/h5-6,11,15H,4,7-10H2,1-3H3. The molecule has 0 aliphatic rings. The van der Waals surface area contributed by atoms with Gasteiger partial charge in [0.25, 0.3) is 0 Å². The summed E-state index contributed by atoms with van der Waals surface area (Å²) in [7, 11) is 3.36. The molecular weight excluding hydrogens is 230 g/mol. The first-order valence-corrected chi connectivity index (χ1v) is 6.23. The van der Waals surface area contributed by atoms with Gasteiger partial charge in [-0.3, -0.25) is 0 Å². The molecule has 1 aromatic carbocycles. The van der Waals surface area contributed by atoms with Crippen molar-refractivity contribution < 1.29 is 14.2 Å². The second-order valence-electron chi connectivity index (χ2n) is 4.09. The molecule has 0 amide bonds. The van der Waals surface area contributed by atoms with Gasteiger partial charge in [0.2, 0.25) is 0 Å². The van der Waals surface area contributed by atoms with Crippen molar-refractivity contribution in [1.29, 1.82) is 0 Å². The number of anilines is 1. The first kappa shape index (κ1) is 14.8. The van der Waals surface area contributed by atoms with Crippen molar-refractivity contribution in [1.82, 2.24) is 0 Å². The molecule has 0 saturated carbocycles. The van der Waals surface area contributed by atoms with Gasteiger partial charge in [0.15, 0.2) is 0 Å². The van der Waals surface area contributed by atoms with E-state index in [1.54, 1.807) is 14.2 Å². The number of aryl methyl sites for hydroxylation is 1. The second kappa shape index (κ2) is 8.78. The molecule has 0 spiro atoms. The summed E-state index contributed by atoms with van der Waals surface area (Å²) in [6.07, 6.45) is 0.959. The third-order valence-corrected chi connectivity index (χ3v) is 2.57. The summed E-state index contributed by atoms with van der Waals surface area (Å²) < 4.78 is 15.6. The molecule has 0 atom stereocenters. The SMILES string of the molecule is COCCOCCCNc1cc(C)ccc1OC. The van der Waals surface area contributed by atoms with E-state index in [0.29, 0.717) is 13.2 Å². The molecule has 4 nitrogen and oxygen atoms in total. The maximum atomic E-state index is 5.40. The molecule has 102 valence electrons. The summed E-state index contributed by atoms with van der Waals surface area (Å²) in [6.45, 7) is 4.99. The van der Waals surface area contributed by atoms with Crippen LogP contribution in [0.2, 0.25) is 0 Å². The van der Waals surface area contributed by atoms with Gasteiger partial charge in [-0.15, -0.1) is 0 Å². The molecule has 1 aromatic rings. The molecule has 1 N–H and O–H groups in total. The lowest BCUT2D eigenvalue weighted by Gasteiger charge is -2.12. The van der Waals surface area contributed by atoms with E-state index in [9.17, 15) is 0 Å². The molecule has 0 bridgehead atoms. The van der Waals surface area contributed by atoms with E-state index >= 15 is 0 Å². The van der Waals surface area contributed by atoms with Gasteiger partial charge in [0.1, 0.15) is 5.75 Å². The van der Waals surface area contributed by atoms with Crippen molar-refractivity contribution in [3.63, 3.8) is 0 Å². The Morgan fingerprint density at radius 2 is 1.94 bits per heavy atom. The monoisotopic (exact) mass is 253 g/mol. The predicted molar refractivity (Wildman–Crippen MR) is 73.5 cm³/mol. The molecule has 0 aliphatic carbocycles. The molecule has 18 heavy (non-hydrogen) atoms. The minimum Gasteiger partial charge on any atom is -0.495 e. The molecule has 0 saturated heterocycles. The average Bonchev–Trinajstić information content (AvgIpc) is 2.38. The lowest BCUT2D eigenvalue weighted by Crippen LogP contribution is -2.09. The van der Waals surface area contributed by atoms with E-state index in [2.05, 4.69) is 18.3 Å². The van der Waals surface area contributed by atoms with Gasteiger partial charge < -0.3 is 19.5 Å². The zero-order valence-corrected chi connectivity index (χ0v) is 11.5. The highest BCUT2D eigenvalue weighted by atomic mass is 16.5. The van der Waals surface area contributed by atoms with Gasteiger partial charge in [-0.1, -0.05) is 6.07 Å². The Labute approximate surface area is 109 Å². The van der Waals surface area contributed by atoms with Gasteiger partial charge in [0, 0.05) is 20.3 Å². The summed E-state index contributed by atoms with van der Waals surface area (Å²) in [5.74, 6) is 0.876. The van der Waals surface area contributed by atoms with Crippen LogP contribution in [-0.4, -0.2) is 40.6 Å². The average molecular weight is 253 g/mol. The van der Waals surface area contributed by atoms with E-state index in [0.717, 1.165) is 31.0 Å². The van der Waals surface area contributed by atoms with Crippen molar-refractivity contribution in [2.75, 3.05) is 45.9 Å². The van der Waals surface area contributed by atoms with E-state index in [4.69, 9.17) is 14.2 Å². The fraction of sp³-hybridized carbons (Fsp3) is 0.571. The van der Waals surface area contributed by atoms with Crippen LogP contribution in [0.3, 0.4) is 0 Å². The number of ether oxygens (including phenoxy) is 3. The van der Waals surface area contributed by atoms with Crippen LogP contribution in [0.1, 0.15) is 12.0 Å². The zero-order chi connectivity index (χ0) is 13.2.